The van der Waals surface area contributed by atoms with Crippen molar-refractivity contribution < 1.29 is 23.9 Å². The highest BCUT2D eigenvalue weighted by atomic mass is 16.5. The Bertz CT molecular complexity index is 1010. The number of hydrogen-bond donors (Lipinski definition) is 0. The molecular formula is C27H29NO5. The van der Waals surface area contributed by atoms with Gasteiger partial charge in [-0.2, -0.15) is 0 Å². The van der Waals surface area contributed by atoms with Gasteiger partial charge in [0.2, 0.25) is 11.8 Å². The molecule has 5 aliphatic carbocycles. The van der Waals surface area contributed by atoms with Crippen molar-refractivity contribution in [2.24, 2.45) is 41.4 Å². The van der Waals surface area contributed by atoms with Gasteiger partial charge in [-0.05, 0) is 62.7 Å². The molecule has 0 spiro atoms. The highest BCUT2D eigenvalue weighted by Gasteiger charge is 2.67. The second-order valence-electron chi connectivity index (χ2n) is 10.6. The average molecular weight is 448 g/mol. The quantitative estimate of drug-likeness (QED) is 0.299. The number of rotatable bonds is 5. The van der Waals surface area contributed by atoms with E-state index in [1.165, 1.54) is 0 Å². The lowest BCUT2D eigenvalue weighted by Gasteiger charge is -2.37. The van der Waals surface area contributed by atoms with Crippen LogP contribution in [0.2, 0.25) is 0 Å². The molecule has 6 heteroatoms. The van der Waals surface area contributed by atoms with Crippen LogP contribution in [0.15, 0.2) is 36.4 Å². The number of carbonyl (C=O) groups excluding carboxylic acids is 4. The van der Waals surface area contributed by atoms with Gasteiger partial charge in [0.1, 0.15) is 0 Å². The number of esters is 1. The van der Waals surface area contributed by atoms with E-state index < -0.39 is 0 Å². The summed E-state index contributed by atoms with van der Waals surface area (Å²) in [4.78, 5) is 53.0. The van der Waals surface area contributed by atoms with Gasteiger partial charge in [0, 0.05) is 11.6 Å². The number of amides is 2. The van der Waals surface area contributed by atoms with E-state index in [-0.39, 0.29) is 65.8 Å². The van der Waals surface area contributed by atoms with Crippen molar-refractivity contribution in [3.8, 4) is 0 Å². The van der Waals surface area contributed by atoms with Crippen molar-refractivity contribution in [1.29, 1.82) is 0 Å². The number of ketones is 1. The van der Waals surface area contributed by atoms with E-state index in [1.807, 2.05) is 19.1 Å². The zero-order chi connectivity index (χ0) is 22.9. The monoisotopic (exact) mass is 447 g/mol. The Morgan fingerprint density at radius 2 is 1.48 bits per heavy atom. The van der Waals surface area contributed by atoms with Crippen LogP contribution in [0.5, 0.6) is 0 Å². The predicted molar refractivity (Wildman–Crippen MR) is 119 cm³/mol. The van der Waals surface area contributed by atoms with Crippen molar-refractivity contribution in [3.63, 3.8) is 0 Å². The minimum absolute atomic E-state index is 0.0180. The second kappa shape index (κ2) is 7.64. The molecule has 6 aliphatic rings. The number of aryl methyl sites for hydroxylation is 1. The summed E-state index contributed by atoms with van der Waals surface area (Å²) in [6, 6.07) is 7.08. The predicted octanol–water partition coefficient (Wildman–Crippen LogP) is 3.33. The number of Topliss-reactive ketones (excluding diaryl/α,β-unsaturated/α-hetero) is 1. The lowest BCUT2D eigenvalue weighted by Crippen LogP contribution is -2.44. The van der Waals surface area contributed by atoms with Gasteiger partial charge < -0.3 is 4.74 Å². The van der Waals surface area contributed by atoms with Crippen LogP contribution in [0.1, 0.15) is 48.0 Å². The number of nitrogens with zero attached hydrogens (tertiary/aromatic N) is 1. The summed E-state index contributed by atoms with van der Waals surface area (Å²) in [5.41, 5.74) is 1.60. The molecule has 3 saturated carbocycles. The lowest BCUT2D eigenvalue weighted by atomic mass is 9.63. The molecule has 1 aromatic rings. The molecule has 1 saturated heterocycles. The SMILES string of the molecule is Cc1ccc(C(=O)COC(=O)C2CCC(N3C(=O)[C@@H]4[C@H]5C=C[C@H]([C@H]6C[C@H]56)[C@@H]4C3=O)CC2)cc1. The summed E-state index contributed by atoms with van der Waals surface area (Å²) < 4.78 is 5.32. The Labute approximate surface area is 193 Å². The fraction of sp³-hybridized carbons (Fsp3) is 0.556. The fourth-order valence-corrected chi connectivity index (χ4v) is 6.99. The van der Waals surface area contributed by atoms with Crippen molar-refractivity contribution in [1.82, 2.24) is 4.90 Å². The maximum Gasteiger partial charge on any atom is 0.309 e. The summed E-state index contributed by atoms with van der Waals surface area (Å²) in [7, 11) is 0. The van der Waals surface area contributed by atoms with Crippen LogP contribution in [0.3, 0.4) is 0 Å². The normalized spacial score (nSPS) is 38.2. The van der Waals surface area contributed by atoms with E-state index >= 15 is 0 Å². The molecular weight excluding hydrogens is 418 g/mol. The van der Waals surface area contributed by atoms with Gasteiger partial charge >= 0.3 is 5.97 Å². The van der Waals surface area contributed by atoms with Gasteiger partial charge in [-0.15, -0.1) is 0 Å². The maximum atomic E-state index is 13.3. The van der Waals surface area contributed by atoms with Crippen LogP contribution in [-0.2, 0) is 19.1 Å². The topological polar surface area (TPSA) is 80.8 Å². The van der Waals surface area contributed by atoms with Crippen LogP contribution < -0.4 is 0 Å². The minimum Gasteiger partial charge on any atom is -0.457 e. The molecule has 1 aliphatic heterocycles. The molecule has 6 atom stereocenters. The molecule has 0 aromatic heterocycles. The van der Waals surface area contributed by atoms with E-state index in [2.05, 4.69) is 12.2 Å². The van der Waals surface area contributed by atoms with E-state index in [4.69, 9.17) is 4.74 Å². The smallest absolute Gasteiger partial charge is 0.309 e. The number of ether oxygens (including phenoxy) is 1. The van der Waals surface area contributed by atoms with Crippen LogP contribution in [0.4, 0.5) is 0 Å². The Morgan fingerprint density at radius 1 is 0.909 bits per heavy atom. The van der Waals surface area contributed by atoms with Gasteiger partial charge in [-0.1, -0.05) is 42.0 Å². The molecule has 2 amide bonds. The highest BCUT2D eigenvalue weighted by Crippen LogP contribution is 2.65. The number of benzene rings is 1. The number of allylic oxidation sites excluding steroid dienone is 2. The molecule has 0 radical (unpaired) electrons. The Hall–Kier alpha value is -2.76. The molecule has 6 nitrogen and oxygen atoms in total. The summed E-state index contributed by atoms with van der Waals surface area (Å²) in [5.74, 6) is 0.544. The summed E-state index contributed by atoms with van der Waals surface area (Å²) in [6.45, 7) is 1.69. The van der Waals surface area contributed by atoms with Crippen LogP contribution in [-0.4, -0.2) is 41.1 Å². The minimum atomic E-state index is -0.357. The molecule has 1 aromatic carbocycles. The zero-order valence-electron chi connectivity index (χ0n) is 18.8. The van der Waals surface area contributed by atoms with E-state index in [1.54, 1.807) is 17.0 Å². The third-order valence-corrected chi connectivity index (χ3v) is 8.81. The third kappa shape index (κ3) is 3.29. The van der Waals surface area contributed by atoms with E-state index in [0.717, 1.165) is 12.0 Å². The molecule has 2 bridgehead atoms. The largest absolute Gasteiger partial charge is 0.457 e. The lowest BCUT2D eigenvalue weighted by molar-refractivity contribution is -0.149. The van der Waals surface area contributed by atoms with Gasteiger partial charge in [0.25, 0.3) is 0 Å². The van der Waals surface area contributed by atoms with Crippen LogP contribution in [0, 0.1) is 48.3 Å². The first-order chi connectivity index (χ1) is 15.9. The van der Waals surface area contributed by atoms with Gasteiger partial charge in [-0.3, -0.25) is 24.1 Å². The van der Waals surface area contributed by atoms with Crippen molar-refractivity contribution in [2.45, 2.75) is 45.1 Å². The molecule has 1 heterocycles. The Morgan fingerprint density at radius 3 is 2.06 bits per heavy atom. The summed E-state index contributed by atoms with van der Waals surface area (Å²) in [6.07, 6.45) is 7.95. The standard InChI is InChI=1S/C27H29NO5/c1-14-2-4-15(5-3-14)22(29)13-33-27(32)16-6-8-17(9-7-16)28-25(30)23-18-10-11-19(21-12-20(18)21)24(23)26(28)31/h2-5,10-11,16-21,23-24H,6-9,12-13H2,1H3/t16?,17?,18-,19+,20-,21-,23+,24-/m1/s1. The molecule has 0 N–H and O–H groups in total. The number of likely N-dealkylation sites (tertiary alicyclic amines) is 1. The maximum absolute atomic E-state index is 13.3. The molecule has 33 heavy (non-hydrogen) atoms. The summed E-state index contributed by atoms with van der Waals surface area (Å²) in [5, 5.41) is 0. The van der Waals surface area contributed by atoms with Crippen LogP contribution in [0.25, 0.3) is 0 Å². The van der Waals surface area contributed by atoms with Crippen molar-refractivity contribution >= 4 is 23.6 Å². The average Bonchev–Trinajstić information content (AvgIpc) is 3.61. The Kier molecular flexibility index (Phi) is 4.82. The second-order valence-corrected chi connectivity index (χ2v) is 10.6. The van der Waals surface area contributed by atoms with E-state index in [0.29, 0.717) is 43.1 Å². The summed E-state index contributed by atoms with van der Waals surface area (Å²) >= 11 is 0. The molecule has 0 unspecified atom stereocenters. The van der Waals surface area contributed by atoms with Gasteiger partial charge in [0.15, 0.2) is 12.4 Å². The van der Waals surface area contributed by atoms with E-state index in [9.17, 15) is 19.2 Å². The van der Waals surface area contributed by atoms with Gasteiger partial charge in [0.05, 0.1) is 17.8 Å². The molecule has 7 rings (SSSR count). The number of carbonyl (C=O) groups is 4. The van der Waals surface area contributed by atoms with Crippen molar-refractivity contribution in [2.75, 3.05) is 6.61 Å². The first-order valence-corrected chi connectivity index (χ1v) is 12.3. The fourth-order valence-electron chi connectivity index (χ4n) is 6.99. The molecule has 4 fully saturated rings. The number of imide groups is 1. The molecule has 172 valence electrons. The zero-order valence-corrected chi connectivity index (χ0v) is 18.8. The first kappa shape index (κ1) is 20.8. The number of hydrogen-bond acceptors (Lipinski definition) is 5. The highest BCUT2D eigenvalue weighted by molar-refractivity contribution is 6.06. The third-order valence-electron chi connectivity index (χ3n) is 8.81. The first-order valence-electron chi connectivity index (χ1n) is 12.3. The van der Waals surface area contributed by atoms with Crippen LogP contribution >= 0.6 is 0 Å². The Balaban J connectivity index is 1.04. The van der Waals surface area contributed by atoms with Crippen molar-refractivity contribution in [3.05, 3.63) is 47.5 Å². The van der Waals surface area contributed by atoms with Gasteiger partial charge in [-0.25, -0.2) is 0 Å².